The van der Waals surface area contributed by atoms with Gasteiger partial charge in [-0.1, -0.05) is 0 Å². The van der Waals surface area contributed by atoms with Gasteiger partial charge in [0.2, 0.25) is 4.96 Å². The Bertz CT molecular complexity index is 939. The standard InChI is InChI=1S/C13H11N5O2S/c1-19-11-4-3-5-17-9(11)6-8(15-17)10-7-14-12-18(10)16-13(20-2)21-12/h3-7H,1-2H3. The van der Waals surface area contributed by atoms with Crippen molar-refractivity contribution < 1.29 is 9.47 Å². The Hall–Kier alpha value is -2.61. The minimum atomic E-state index is 0.570. The average Bonchev–Trinajstić information content (AvgIpc) is 3.18. The van der Waals surface area contributed by atoms with Crippen LogP contribution in [0.5, 0.6) is 10.9 Å². The van der Waals surface area contributed by atoms with E-state index < -0.39 is 0 Å². The van der Waals surface area contributed by atoms with E-state index >= 15 is 0 Å². The van der Waals surface area contributed by atoms with Crippen LogP contribution in [0.25, 0.3) is 21.9 Å². The van der Waals surface area contributed by atoms with Crippen molar-refractivity contribution in [3.8, 4) is 22.3 Å². The molecule has 0 saturated carbocycles. The van der Waals surface area contributed by atoms with Crippen LogP contribution in [0.2, 0.25) is 0 Å². The van der Waals surface area contributed by atoms with Gasteiger partial charge in [-0.05, 0) is 29.5 Å². The van der Waals surface area contributed by atoms with Crippen LogP contribution >= 0.6 is 11.3 Å². The van der Waals surface area contributed by atoms with Gasteiger partial charge in [-0.25, -0.2) is 9.50 Å². The number of hydrogen-bond acceptors (Lipinski definition) is 6. The van der Waals surface area contributed by atoms with Gasteiger partial charge in [0.25, 0.3) is 5.19 Å². The smallest absolute Gasteiger partial charge is 0.294 e. The number of imidazole rings is 1. The highest BCUT2D eigenvalue weighted by Gasteiger charge is 2.15. The summed E-state index contributed by atoms with van der Waals surface area (Å²) in [4.78, 5) is 5.10. The lowest BCUT2D eigenvalue weighted by Gasteiger charge is -1.99. The number of rotatable bonds is 3. The first-order valence-electron chi connectivity index (χ1n) is 6.21. The van der Waals surface area contributed by atoms with Crippen LogP contribution in [0.1, 0.15) is 0 Å². The lowest BCUT2D eigenvalue weighted by molar-refractivity contribution is 0.406. The molecule has 106 valence electrons. The van der Waals surface area contributed by atoms with Gasteiger partial charge >= 0.3 is 0 Å². The predicted octanol–water partition coefficient (Wildman–Crippen LogP) is 2.12. The van der Waals surface area contributed by atoms with Crippen molar-refractivity contribution >= 4 is 21.8 Å². The Balaban J connectivity index is 1.93. The van der Waals surface area contributed by atoms with Crippen molar-refractivity contribution in [1.29, 1.82) is 0 Å². The molecule has 8 heteroatoms. The van der Waals surface area contributed by atoms with Gasteiger partial charge in [-0.2, -0.15) is 9.61 Å². The van der Waals surface area contributed by atoms with Gasteiger partial charge < -0.3 is 9.47 Å². The van der Waals surface area contributed by atoms with E-state index in [9.17, 15) is 0 Å². The van der Waals surface area contributed by atoms with E-state index in [2.05, 4.69) is 15.2 Å². The molecule has 0 N–H and O–H groups in total. The number of aromatic nitrogens is 5. The van der Waals surface area contributed by atoms with Crippen molar-refractivity contribution in [3.63, 3.8) is 0 Å². The van der Waals surface area contributed by atoms with E-state index in [1.807, 2.05) is 24.4 Å². The highest BCUT2D eigenvalue weighted by Crippen LogP contribution is 2.28. The summed E-state index contributed by atoms with van der Waals surface area (Å²) in [5.41, 5.74) is 2.49. The second-order valence-electron chi connectivity index (χ2n) is 4.35. The first kappa shape index (κ1) is 12.2. The average molecular weight is 301 g/mol. The summed E-state index contributed by atoms with van der Waals surface area (Å²) in [6.07, 6.45) is 3.63. The molecule has 4 aromatic rings. The Morgan fingerprint density at radius 1 is 1.19 bits per heavy atom. The van der Waals surface area contributed by atoms with Gasteiger partial charge in [0.1, 0.15) is 22.7 Å². The summed E-state index contributed by atoms with van der Waals surface area (Å²) in [5.74, 6) is 0.771. The normalized spacial score (nSPS) is 11.3. The van der Waals surface area contributed by atoms with Crippen LogP contribution in [-0.4, -0.2) is 38.4 Å². The number of fused-ring (bicyclic) bond motifs is 2. The van der Waals surface area contributed by atoms with Gasteiger partial charge in [0.15, 0.2) is 0 Å². The molecule has 4 aromatic heterocycles. The van der Waals surface area contributed by atoms with E-state index in [1.54, 1.807) is 29.4 Å². The van der Waals surface area contributed by atoms with Gasteiger partial charge in [-0.3, -0.25) is 0 Å². The summed E-state index contributed by atoms with van der Waals surface area (Å²) in [5, 5.41) is 9.47. The highest BCUT2D eigenvalue weighted by molar-refractivity contribution is 7.18. The molecule has 0 aliphatic rings. The molecule has 21 heavy (non-hydrogen) atoms. The predicted molar refractivity (Wildman–Crippen MR) is 78.2 cm³/mol. The van der Waals surface area contributed by atoms with Crippen molar-refractivity contribution in [2.75, 3.05) is 14.2 Å². The maximum absolute atomic E-state index is 5.35. The molecule has 0 aliphatic heterocycles. The summed E-state index contributed by atoms with van der Waals surface area (Å²) < 4.78 is 14.0. The summed E-state index contributed by atoms with van der Waals surface area (Å²) in [6, 6.07) is 5.74. The minimum Gasteiger partial charge on any atom is -0.494 e. The van der Waals surface area contributed by atoms with Crippen molar-refractivity contribution in [3.05, 3.63) is 30.6 Å². The number of pyridine rings is 1. The minimum absolute atomic E-state index is 0.570. The second-order valence-corrected chi connectivity index (χ2v) is 5.26. The maximum Gasteiger partial charge on any atom is 0.294 e. The first-order chi connectivity index (χ1) is 10.3. The highest BCUT2D eigenvalue weighted by atomic mass is 32.1. The van der Waals surface area contributed by atoms with Gasteiger partial charge in [-0.15, -0.1) is 5.10 Å². The molecule has 0 amide bonds. The van der Waals surface area contributed by atoms with Crippen LogP contribution < -0.4 is 9.47 Å². The van der Waals surface area contributed by atoms with Crippen LogP contribution in [0.4, 0.5) is 0 Å². The van der Waals surface area contributed by atoms with Gasteiger partial charge in [0.05, 0.1) is 20.4 Å². The fraction of sp³-hybridized carbons (Fsp3) is 0.154. The number of methoxy groups -OCH3 is 2. The second kappa shape index (κ2) is 4.45. The lowest BCUT2D eigenvalue weighted by atomic mass is 10.3. The van der Waals surface area contributed by atoms with Crippen LogP contribution in [-0.2, 0) is 0 Å². The van der Waals surface area contributed by atoms with Crippen molar-refractivity contribution in [2.24, 2.45) is 0 Å². The Kier molecular flexibility index (Phi) is 2.58. The van der Waals surface area contributed by atoms with E-state index in [0.717, 1.165) is 27.6 Å². The molecule has 0 atom stereocenters. The fourth-order valence-corrected chi connectivity index (χ4v) is 2.91. The number of hydrogen-bond donors (Lipinski definition) is 0. The lowest BCUT2D eigenvalue weighted by Crippen LogP contribution is -1.92. The molecular weight excluding hydrogens is 290 g/mol. The van der Waals surface area contributed by atoms with Crippen LogP contribution in [0.15, 0.2) is 30.6 Å². The monoisotopic (exact) mass is 301 g/mol. The number of ether oxygens (including phenoxy) is 2. The molecule has 0 aliphatic carbocycles. The van der Waals surface area contributed by atoms with E-state index in [-0.39, 0.29) is 0 Å². The summed E-state index contributed by atoms with van der Waals surface area (Å²) in [7, 11) is 3.23. The van der Waals surface area contributed by atoms with E-state index in [0.29, 0.717) is 5.19 Å². The van der Waals surface area contributed by atoms with Gasteiger partial charge in [0, 0.05) is 6.20 Å². The van der Waals surface area contributed by atoms with E-state index in [4.69, 9.17) is 9.47 Å². The maximum atomic E-state index is 5.35. The molecule has 0 radical (unpaired) electrons. The number of nitrogens with zero attached hydrogens (tertiary/aromatic N) is 5. The quantitative estimate of drug-likeness (QED) is 0.580. The molecule has 0 unspecified atom stereocenters. The fourth-order valence-electron chi connectivity index (χ4n) is 2.22. The molecule has 0 fully saturated rings. The molecule has 0 saturated heterocycles. The third kappa shape index (κ3) is 1.76. The third-order valence-electron chi connectivity index (χ3n) is 3.19. The Morgan fingerprint density at radius 3 is 2.90 bits per heavy atom. The molecule has 0 aromatic carbocycles. The third-order valence-corrected chi connectivity index (χ3v) is 4.07. The Morgan fingerprint density at radius 2 is 2.10 bits per heavy atom. The molecule has 4 heterocycles. The van der Waals surface area contributed by atoms with Crippen LogP contribution in [0.3, 0.4) is 0 Å². The topological polar surface area (TPSA) is 66.0 Å². The molecule has 4 rings (SSSR count). The molecule has 0 spiro atoms. The SMILES string of the molecule is COc1nn2c(-c3cc4c(OC)cccn4n3)cnc2s1. The van der Waals surface area contributed by atoms with E-state index in [1.165, 1.54) is 11.3 Å². The first-order valence-corrected chi connectivity index (χ1v) is 7.03. The molecular formula is C13H11N5O2S. The zero-order valence-corrected chi connectivity index (χ0v) is 12.2. The van der Waals surface area contributed by atoms with Crippen molar-refractivity contribution in [1.82, 2.24) is 24.2 Å². The Labute approximate surface area is 123 Å². The largest absolute Gasteiger partial charge is 0.494 e. The summed E-state index contributed by atoms with van der Waals surface area (Å²) >= 11 is 1.39. The zero-order chi connectivity index (χ0) is 14.4. The van der Waals surface area contributed by atoms with Crippen molar-refractivity contribution in [2.45, 2.75) is 0 Å². The summed E-state index contributed by atoms with van der Waals surface area (Å²) in [6.45, 7) is 0. The van der Waals surface area contributed by atoms with Crippen LogP contribution in [0, 0.1) is 0 Å². The molecule has 0 bridgehead atoms. The zero-order valence-electron chi connectivity index (χ0n) is 11.3. The molecule has 7 nitrogen and oxygen atoms in total.